The van der Waals surface area contributed by atoms with Crippen LogP contribution in [0.3, 0.4) is 0 Å². The van der Waals surface area contributed by atoms with Crippen molar-refractivity contribution in [2.45, 2.75) is 24.9 Å². The van der Waals surface area contributed by atoms with Gasteiger partial charge in [-0.2, -0.15) is 0 Å². The second-order valence-electron chi connectivity index (χ2n) is 5.47. The quantitative estimate of drug-likeness (QED) is 0.773. The Balaban J connectivity index is 1.54. The van der Waals surface area contributed by atoms with Gasteiger partial charge >= 0.3 is 5.97 Å². The van der Waals surface area contributed by atoms with Gasteiger partial charge in [0.15, 0.2) is 0 Å². The Morgan fingerprint density at radius 2 is 2.21 bits per heavy atom. The van der Waals surface area contributed by atoms with E-state index in [1.807, 2.05) is 30.3 Å². The highest BCUT2D eigenvalue weighted by molar-refractivity contribution is 5.84. The third kappa shape index (κ3) is 3.61. The average Bonchev–Trinajstić information content (AvgIpc) is 3.23. The summed E-state index contributed by atoms with van der Waals surface area (Å²) in [4.78, 5) is 15.3. The van der Waals surface area contributed by atoms with Crippen LogP contribution in [0.5, 0.6) is 0 Å². The molecule has 1 aliphatic heterocycles. The highest BCUT2D eigenvalue weighted by Gasteiger charge is 2.38. The fourth-order valence-corrected chi connectivity index (χ4v) is 2.53. The summed E-state index contributed by atoms with van der Waals surface area (Å²) >= 11 is 0. The molecular weight excluding hydrogens is 314 g/mol. The predicted octanol–water partition coefficient (Wildman–Crippen LogP) is 0.582. The van der Waals surface area contributed by atoms with Gasteiger partial charge in [0, 0.05) is 0 Å². The Labute approximate surface area is 139 Å². The molecule has 3 atom stereocenters. The van der Waals surface area contributed by atoms with Gasteiger partial charge in [0.05, 0.1) is 26.9 Å². The molecule has 0 bridgehead atoms. The second kappa shape index (κ2) is 7.52. The van der Waals surface area contributed by atoms with Gasteiger partial charge in [-0.15, -0.1) is 5.10 Å². The minimum atomic E-state index is -0.798. The first-order valence-corrected chi connectivity index (χ1v) is 7.60. The molecule has 0 spiro atoms. The SMILES string of the molecule is COC(=O)c1ncn([C@@H]2CO[C@H](COCc3ccccc3)[C@H]2O)n1. The molecule has 1 aromatic heterocycles. The molecule has 8 nitrogen and oxygen atoms in total. The van der Waals surface area contributed by atoms with E-state index in [4.69, 9.17) is 9.47 Å². The van der Waals surface area contributed by atoms with Gasteiger partial charge in [0.25, 0.3) is 5.82 Å². The van der Waals surface area contributed by atoms with Crippen molar-refractivity contribution < 1.29 is 24.1 Å². The van der Waals surface area contributed by atoms with Crippen LogP contribution in [0.25, 0.3) is 0 Å². The van der Waals surface area contributed by atoms with Crippen LogP contribution in [0.15, 0.2) is 36.7 Å². The molecule has 3 rings (SSSR count). The van der Waals surface area contributed by atoms with Crippen LogP contribution in [-0.2, 0) is 20.8 Å². The van der Waals surface area contributed by atoms with Gasteiger partial charge in [-0.05, 0) is 5.56 Å². The number of aromatic nitrogens is 3. The number of esters is 1. The lowest BCUT2D eigenvalue weighted by Gasteiger charge is -2.17. The Morgan fingerprint density at radius 3 is 2.96 bits per heavy atom. The molecule has 0 saturated carbocycles. The highest BCUT2D eigenvalue weighted by atomic mass is 16.5. The molecule has 2 heterocycles. The normalized spacial score (nSPS) is 23.3. The summed E-state index contributed by atoms with van der Waals surface area (Å²) in [6, 6.07) is 9.36. The Bertz CT molecular complexity index is 675. The zero-order valence-electron chi connectivity index (χ0n) is 13.2. The van der Waals surface area contributed by atoms with Gasteiger partial charge in [0.2, 0.25) is 0 Å². The second-order valence-corrected chi connectivity index (χ2v) is 5.47. The van der Waals surface area contributed by atoms with Crippen molar-refractivity contribution in [3.8, 4) is 0 Å². The number of aliphatic hydroxyl groups is 1. The van der Waals surface area contributed by atoms with Gasteiger partial charge < -0.3 is 19.3 Å². The van der Waals surface area contributed by atoms with E-state index in [1.165, 1.54) is 18.1 Å². The molecule has 24 heavy (non-hydrogen) atoms. The van der Waals surface area contributed by atoms with E-state index in [0.717, 1.165) is 5.56 Å². The van der Waals surface area contributed by atoms with E-state index in [0.29, 0.717) is 6.61 Å². The first-order valence-electron chi connectivity index (χ1n) is 7.60. The zero-order chi connectivity index (χ0) is 16.9. The van der Waals surface area contributed by atoms with Crippen LogP contribution in [0.4, 0.5) is 0 Å². The molecule has 1 N–H and O–H groups in total. The summed E-state index contributed by atoms with van der Waals surface area (Å²) < 4.78 is 17.2. The molecule has 1 saturated heterocycles. The van der Waals surface area contributed by atoms with E-state index >= 15 is 0 Å². The molecule has 1 aliphatic rings. The summed E-state index contributed by atoms with van der Waals surface area (Å²) in [5.41, 5.74) is 1.06. The Hall–Kier alpha value is -2.29. The monoisotopic (exact) mass is 333 g/mol. The van der Waals surface area contributed by atoms with Crippen molar-refractivity contribution in [2.24, 2.45) is 0 Å². The lowest BCUT2D eigenvalue weighted by Crippen LogP contribution is -2.32. The van der Waals surface area contributed by atoms with Crippen molar-refractivity contribution in [3.63, 3.8) is 0 Å². The molecule has 0 radical (unpaired) electrons. The summed E-state index contributed by atoms with van der Waals surface area (Å²) in [5.74, 6) is -0.668. The number of carbonyl (C=O) groups is 1. The number of methoxy groups -OCH3 is 1. The third-order valence-corrected chi connectivity index (χ3v) is 3.87. The van der Waals surface area contributed by atoms with Crippen molar-refractivity contribution >= 4 is 5.97 Å². The first kappa shape index (κ1) is 16.6. The molecule has 1 fully saturated rings. The van der Waals surface area contributed by atoms with Crippen molar-refractivity contribution in [1.82, 2.24) is 14.8 Å². The van der Waals surface area contributed by atoms with Crippen LogP contribution >= 0.6 is 0 Å². The number of benzene rings is 1. The van der Waals surface area contributed by atoms with Crippen molar-refractivity contribution in [3.05, 3.63) is 48.0 Å². The van der Waals surface area contributed by atoms with Crippen molar-refractivity contribution in [1.29, 1.82) is 0 Å². The standard InChI is InChI=1S/C16H19N3O5/c1-22-16(21)15-17-10-19(18-15)12-8-24-13(14(12)20)9-23-7-11-5-3-2-4-6-11/h2-6,10,12-14,20H,7-9H2,1H3/t12-,13-,14+/m1/s1. The van der Waals surface area contributed by atoms with Crippen LogP contribution in [0.1, 0.15) is 22.2 Å². The number of nitrogens with zero attached hydrogens (tertiary/aromatic N) is 3. The molecule has 2 aromatic rings. The fraction of sp³-hybridized carbons (Fsp3) is 0.438. The Kier molecular flexibility index (Phi) is 5.19. The average molecular weight is 333 g/mol. The summed E-state index contributed by atoms with van der Waals surface area (Å²) in [7, 11) is 1.26. The number of hydrogen-bond donors (Lipinski definition) is 1. The predicted molar refractivity (Wildman–Crippen MR) is 82.2 cm³/mol. The molecule has 8 heteroatoms. The van der Waals surface area contributed by atoms with E-state index in [-0.39, 0.29) is 19.0 Å². The number of aliphatic hydroxyl groups excluding tert-OH is 1. The van der Waals surface area contributed by atoms with Crippen LogP contribution in [0.2, 0.25) is 0 Å². The summed E-state index contributed by atoms with van der Waals surface area (Å²) in [5, 5.41) is 14.4. The van der Waals surface area contributed by atoms with Gasteiger partial charge in [0.1, 0.15) is 24.6 Å². The largest absolute Gasteiger partial charge is 0.463 e. The van der Waals surface area contributed by atoms with E-state index in [9.17, 15) is 9.90 Å². The third-order valence-electron chi connectivity index (χ3n) is 3.87. The van der Waals surface area contributed by atoms with Gasteiger partial charge in [-0.25, -0.2) is 14.5 Å². The molecule has 1 aromatic carbocycles. The van der Waals surface area contributed by atoms with E-state index in [1.54, 1.807) is 0 Å². The minimum absolute atomic E-state index is 0.0477. The number of ether oxygens (including phenoxy) is 3. The smallest absolute Gasteiger partial charge is 0.377 e. The lowest BCUT2D eigenvalue weighted by molar-refractivity contribution is -0.0304. The van der Waals surface area contributed by atoms with E-state index in [2.05, 4.69) is 14.8 Å². The zero-order valence-corrected chi connectivity index (χ0v) is 13.2. The van der Waals surface area contributed by atoms with Crippen LogP contribution in [-0.4, -0.2) is 58.4 Å². The van der Waals surface area contributed by atoms with Crippen LogP contribution < -0.4 is 0 Å². The molecule has 0 aliphatic carbocycles. The van der Waals surface area contributed by atoms with Gasteiger partial charge in [-0.3, -0.25) is 0 Å². The molecule has 0 unspecified atom stereocenters. The first-order chi connectivity index (χ1) is 11.7. The van der Waals surface area contributed by atoms with Crippen LogP contribution in [0, 0.1) is 0 Å². The summed E-state index contributed by atoms with van der Waals surface area (Å²) in [6.07, 6.45) is 0.133. The molecule has 128 valence electrons. The van der Waals surface area contributed by atoms with E-state index < -0.39 is 24.2 Å². The van der Waals surface area contributed by atoms with Crippen molar-refractivity contribution in [2.75, 3.05) is 20.3 Å². The maximum Gasteiger partial charge on any atom is 0.377 e. The topological polar surface area (TPSA) is 95.7 Å². The summed E-state index contributed by atoms with van der Waals surface area (Å²) in [6.45, 7) is 0.990. The number of rotatable bonds is 6. The maximum atomic E-state index is 11.4. The molecular formula is C16H19N3O5. The maximum absolute atomic E-state index is 11.4. The van der Waals surface area contributed by atoms with Gasteiger partial charge in [-0.1, -0.05) is 30.3 Å². The minimum Gasteiger partial charge on any atom is -0.463 e. The lowest BCUT2D eigenvalue weighted by atomic mass is 10.1. The highest BCUT2D eigenvalue weighted by Crippen LogP contribution is 2.25. The fourth-order valence-electron chi connectivity index (χ4n) is 2.53. The molecule has 0 amide bonds. The number of carbonyl (C=O) groups excluding carboxylic acids is 1. The Morgan fingerprint density at radius 1 is 1.42 bits per heavy atom. The number of hydrogen-bond acceptors (Lipinski definition) is 7.